The van der Waals surface area contributed by atoms with Gasteiger partial charge in [0.05, 0.1) is 12.5 Å². The zero-order chi connectivity index (χ0) is 10.4. The van der Waals surface area contributed by atoms with Crippen molar-refractivity contribution in [3.8, 4) is 0 Å². The van der Waals surface area contributed by atoms with Crippen LogP contribution in [-0.2, 0) is 14.3 Å². The Bertz CT molecular complexity index is 175. The summed E-state index contributed by atoms with van der Waals surface area (Å²) in [5.74, 6) is -0.260. The lowest BCUT2D eigenvalue weighted by molar-refractivity contribution is -0.140. The average molecular weight is 202 g/mol. The molecule has 4 nitrogen and oxygen atoms in total. The van der Waals surface area contributed by atoms with Gasteiger partial charge in [0, 0.05) is 19.8 Å². The molecule has 0 unspecified atom stereocenters. The van der Waals surface area contributed by atoms with Crippen molar-refractivity contribution in [1.82, 2.24) is 0 Å². The minimum absolute atomic E-state index is 0.0865. The average Bonchev–Trinajstić information content (AvgIpc) is 2.15. The van der Waals surface area contributed by atoms with E-state index in [-0.39, 0.29) is 12.5 Å². The lowest BCUT2D eigenvalue weighted by Gasteiger charge is -2.23. The summed E-state index contributed by atoms with van der Waals surface area (Å²) >= 11 is 0. The molecule has 1 rings (SSSR count). The van der Waals surface area contributed by atoms with Crippen molar-refractivity contribution >= 4 is 5.97 Å². The molecule has 0 aromatic heterocycles. The molecule has 1 aliphatic heterocycles. The smallest absolute Gasteiger partial charge is 0.305 e. The summed E-state index contributed by atoms with van der Waals surface area (Å²) in [4.78, 5) is 10.4. The largest absolute Gasteiger partial charge is 0.481 e. The number of rotatable bonds is 5. The summed E-state index contributed by atoms with van der Waals surface area (Å²) in [6.45, 7) is 4.08. The maximum atomic E-state index is 10.4. The van der Waals surface area contributed by atoms with Crippen LogP contribution in [0.1, 0.15) is 26.2 Å². The Morgan fingerprint density at radius 1 is 1.57 bits per heavy atom. The third kappa shape index (κ3) is 4.58. The molecule has 0 saturated carbocycles. The predicted molar refractivity (Wildman–Crippen MR) is 51.2 cm³/mol. The van der Waals surface area contributed by atoms with E-state index in [1.807, 2.05) is 0 Å². The Labute approximate surface area is 84.2 Å². The highest BCUT2D eigenvalue weighted by Gasteiger charge is 2.16. The van der Waals surface area contributed by atoms with E-state index in [0.29, 0.717) is 12.5 Å². The van der Waals surface area contributed by atoms with Gasteiger partial charge in [-0.15, -0.1) is 0 Å². The number of hydrogen-bond acceptors (Lipinski definition) is 3. The first-order chi connectivity index (χ1) is 6.68. The Kier molecular flexibility index (Phi) is 4.90. The molecule has 0 aliphatic carbocycles. The first-order valence-corrected chi connectivity index (χ1v) is 5.09. The van der Waals surface area contributed by atoms with Crippen LogP contribution < -0.4 is 0 Å². The summed E-state index contributed by atoms with van der Waals surface area (Å²) in [6.07, 6.45) is 1.96. The normalized spacial score (nSPS) is 20.6. The van der Waals surface area contributed by atoms with Crippen LogP contribution in [0.25, 0.3) is 0 Å². The maximum Gasteiger partial charge on any atom is 0.305 e. The molecule has 0 aromatic rings. The van der Waals surface area contributed by atoms with Crippen LogP contribution in [-0.4, -0.2) is 37.0 Å². The van der Waals surface area contributed by atoms with Crippen molar-refractivity contribution in [3.63, 3.8) is 0 Å². The Hall–Kier alpha value is -0.610. The monoisotopic (exact) mass is 202 g/mol. The molecule has 0 radical (unpaired) electrons. The van der Waals surface area contributed by atoms with E-state index in [4.69, 9.17) is 14.6 Å². The van der Waals surface area contributed by atoms with Gasteiger partial charge in [-0.25, -0.2) is 0 Å². The van der Waals surface area contributed by atoms with Crippen molar-refractivity contribution in [2.45, 2.75) is 32.3 Å². The van der Waals surface area contributed by atoms with E-state index < -0.39 is 5.97 Å². The van der Waals surface area contributed by atoms with Crippen molar-refractivity contribution in [1.29, 1.82) is 0 Å². The third-order valence-corrected chi connectivity index (χ3v) is 2.42. The van der Waals surface area contributed by atoms with E-state index in [2.05, 4.69) is 0 Å². The van der Waals surface area contributed by atoms with E-state index in [0.717, 1.165) is 26.1 Å². The third-order valence-electron chi connectivity index (χ3n) is 2.42. The molecule has 1 N–H and O–H groups in total. The minimum atomic E-state index is -0.801. The van der Waals surface area contributed by atoms with Gasteiger partial charge in [-0.2, -0.15) is 0 Å². The highest BCUT2D eigenvalue weighted by Crippen LogP contribution is 2.15. The molecular weight excluding hydrogens is 184 g/mol. The molecule has 1 fully saturated rings. The predicted octanol–water partition coefficient (Wildman–Crippen LogP) is 1.29. The molecular formula is C10H18O4. The second-order valence-electron chi connectivity index (χ2n) is 3.80. The second kappa shape index (κ2) is 5.98. The van der Waals surface area contributed by atoms with Gasteiger partial charge in [-0.1, -0.05) is 0 Å². The van der Waals surface area contributed by atoms with E-state index in [1.54, 1.807) is 6.92 Å². The maximum absolute atomic E-state index is 10.4. The van der Waals surface area contributed by atoms with Gasteiger partial charge in [0.25, 0.3) is 0 Å². The first kappa shape index (κ1) is 11.5. The number of hydrogen-bond donors (Lipinski definition) is 1. The van der Waals surface area contributed by atoms with Gasteiger partial charge < -0.3 is 14.6 Å². The molecule has 0 spiro atoms. The molecule has 0 bridgehead atoms. The van der Waals surface area contributed by atoms with Gasteiger partial charge in [0.2, 0.25) is 0 Å². The van der Waals surface area contributed by atoms with Crippen molar-refractivity contribution in [3.05, 3.63) is 0 Å². The van der Waals surface area contributed by atoms with Crippen molar-refractivity contribution in [2.75, 3.05) is 19.8 Å². The van der Waals surface area contributed by atoms with E-state index in [1.165, 1.54) is 0 Å². The molecule has 1 saturated heterocycles. The second-order valence-corrected chi connectivity index (χ2v) is 3.80. The minimum Gasteiger partial charge on any atom is -0.481 e. The fourth-order valence-corrected chi connectivity index (χ4v) is 1.52. The van der Waals surface area contributed by atoms with E-state index in [9.17, 15) is 4.79 Å². The SMILES string of the molecule is C[C@@H](CC(=O)O)OCC1CCOCC1. The van der Waals surface area contributed by atoms with Gasteiger partial charge in [-0.05, 0) is 25.7 Å². The quantitative estimate of drug-likeness (QED) is 0.730. The highest BCUT2D eigenvalue weighted by atomic mass is 16.5. The number of ether oxygens (including phenoxy) is 2. The number of carboxylic acids is 1. The molecule has 0 aromatic carbocycles. The highest BCUT2D eigenvalue weighted by molar-refractivity contribution is 5.67. The van der Waals surface area contributed by atoms with Gasteiger partial charge in [0.15, 0.2) is 0 Å². The Morgan fingerprint density at radius 2 is 2.21 bits per heavy atom. The Morgan fingerprint density at radius 3 is 2.79 bits per heavy atom. The Balaban J connectivity index is 2.09. The lowest BCUT2D eigenvalue weighted by atomic mass is 10.0. The summed E-state index contributed by atoms with van der Waals surface area (Å²) in [5.41, 5.74) is 0. The number of aliphatic carboxylic acids is 1. The van der Waals surface area contributed by atoms with Crippen molar-refractivity contribution < 1.29 is 19.4 Å². The van der Waals surface area contributed by atoms with Crippen LogP contribution in [0, 0.1) is 5.92 Å². The fourth-order valence-electron chi connectivity index (χ4n) is 1.52. The van der Waals surface area contributed by atoms with Crippen LogP contribution >= 0.6 is 0 Å². The molecule has 1 atom stereocenters. The molecule has 14 heavy (non-hydrogen) atoms. The van der Waals surface area contributed by atoms with Gasteiger partial charge in [0.1, 0.15) is 0 Å². The number of carboxylic acid groups (broad SMARTS) is 1. The zero-order valence-electron chi connectivity index (χ0n) is 8.57. The summed E-state index contributed by atoms with van der Waals surface area (Å²) in [6, 6.07) is 0. The van der Waals surface area contributed by atoms with E-state index >= 15 is 0 Å². The van der Waals surface area contributed by atoms with Crippen LogP contribution in [0.4, 0.5) is 0 Å². The van der Waals surface area contributed by atoms with Crippen molar-refractivity contribution in [2.24, 2.45) is 5.92 Å². The lowest BCUT2D eigenvalue weighted by Crippen LogP contribution is -2.23. The van der Waals surface area contributed by atoms with Crippen LogP contribution in [0.15, 0.2) is 0 Å². The summed E-state index contributed by atoms with van der Waals surface area (Å²) in [5, 5.41) is 8.52. The number of carbonyl (C=O) groups is 1. The molecule has 1 heterocycles. The fraction of sp³-hybridized carbons (Fsp3) is 0.900. The van der Waals surface area contributed by atoms with Gasteiger partial charge >= 0.3 is 5.97 Å². The standard InChI is InChI=1S/C10H18O4/c1-8(6-10(11)12)14-7-9-2-4-13-5-3-9/h8-9H,2-7H2,1H3,(H,11,12)/t8-/m0/s1. The summed E-state index contributed by atoms with van der Waals surface area (Å²) < 4.78 is 10.7. The molecule has 0 amide bonds. The van der Waals surface area contributed by atoms with Crippen LogP contribution in [0.2, 0.25) is 0 Å². The molecule has 1 aliphatic rings. The molecule has 82 valence electrons. The zero-order valence-corrected chi connectivity index (χ0v) is 8.57. The summed E-state index contributed by atoms with van der Waals surface area (Å²) in [7, 11) is 0. The van der Waals surface area contributed by atoms with Gasteiger partial charge in [-0.3, -0.25) is 4.79 Å². The first-order valence-electron chi connectivity index (χ1n) is 5.09. The van der Waals surface area contributed by atoms with Crippen LogP contribution in [0.5, 0.6) is 0 Å². The topological polar surface area (TPSA) is 55.8 Å². The molecule has 4 heteroatoms. The van der Waals surface area contributed by atoms with Crippen LogP contribution in [0.3, 0.4) is 0 Å².